The fraction of sp³-hybridized carbons (Fsp3) is 0.182. The van der Waals surface area contributed by atoms with Gasteiger partial charge < -0.3 is 15.6 Å². The minimum atomic E-state index is -0.227. The Bertz CT molecular complexity index is 1190. The molecule has 0 saturated carbocycles. The van der Waals surface area contributed by atoms with E-state index in [4.69, 9.17) is 0 Å². The third kappa shape index (κ3) is 4.07. The van der Waals surface area contributed by atoms with E-state index < -0.39 is 0 Å². The van der Waals surface area contributed by atoms with Gasteiger partial charge in [-0.2, -0.15) is 5.10 Å². The van der Waals surface area contributed by atoms with Crippen LogP contribution in [0.5, 0.6) is 0 Å². The van der Waals surface area contributed by atoms with Gasteiger partial charge in [0.2, 0.25) is 0 Å². The van der Waals surface area contributed by atoms with Gasteiger partial charge in [-0.05, 0) is 37.6 Å². The van der Waals surface area contributed by atoms with Gasteiger partial charge in [-0.25, -0.2) is 4.98 Å². The molecule has 0 aliphatic carbocycles. The van der Waals surface area contributed by atoms with Gasteiger partial charge in [0, 0.05) is 18.2 Å². The maximum Gasteiger partial charge on any atom is 0.255 e. The van der Waals surface area contributed by atoms with Crippen LogP contribution in [0.15, 0.2) is 54.7 Å². The molecule has 8 nitrogen and oxygen atoms in total. The van der Waals surface area contributed by atoms with E-state index in [0.29, 0.717) is 40.2 Å². The minimum Gasteiger partial charge on any atom is -0.350 e. The van der Waals surface area contributed by atoms with Crippen molar-refractivity contribution in [2.75, 3.05) is 0 Å². The predicted molar refractivity (Wildman–Crippen MR) is 114 cm³/mol. The van der Waals surface area contributed by atoms with E-state index in [2.05, 4.69) is 30.8 Å². The quantitative estimate of drug-likeness (QED) is 0.397. The van der Waals surface area contributed by atoms with Crippen LogP contribution in [-0.2, 0) is 6.54 Å². The van der Waals surface area contributed by atoms with Gasteiger partial charge in [0.05, 0.1) is 22.8 Å². The van der Waals surface area contributed by atoms with Crippen LogP contribution in [0.3, 0.4) is 0 Å². The average Bonchev–Trinajstić information content (AvgIpc) is 3.38. The van der Waals surface area contributed by atoms with Gasteiger partial charge in [0.25, 0.3) is 11.8 Å². The summed E-state index contributed by atoms with van der Waals surface area (Å²) in [6.45, 7) is 4.24. The van der Waals surface area contributed by atoms with Crippen molar-refractivity contribution in [2.24, 2.45) is 0 Å². The molecular formula is C22H22N6O2. The number of amides is 2. The van der Waals surface area contributed by atoms with Crippen molar-refractivity contribution < 1.29 is 9.59 Å². The second-order valence-corrected chi connectivity index (χ2v) is 7.27. The number of fused-ring (bicyclic) bond motifs is 1. The van der Waals surface area contributed by atoms with Gasteiger partial charge >= 0.3 is 0 Å². The second-order valence-electron chi connectivity index (χ2n) is 7.27. The van der Waals surface area contributed by atoms with Crippen LogP contribution in [0.25, 0.3) is 22.6 Å². The Hall–Kier alpha value is -3.94. The van der Waals surface area contributed by atoms with Crippen molar-refractivity contribution in [3.63, 3.8) is 0 Å². The Morgan fingerprint density at radius 1 is 1.07 bits per heavy atom. The van der Waals surface area contributed by atoms with Crippen LogP contribution in [0.2, 0.25) is 0 Å². The molecule has 0 aliphatic rings. The summed E-state index contributed by atoms with van der Waals surface area (Å²) in [7, 11) is 0. The Morgan fingerprint density at radius 3 is 2.63 bits per heavy atom. The molecule has 0 spiro atoms. The molecular weight excluding hydrogens is 380 g/mol. The summed E-state index contributed by atoms with van der Waals surface area (Å²) in [5, 5.41) is 12.6. The van der Waals surface area contributed by atoms with E-state index in [1.54, 1.807) is 18.2 Å². The summed E-state index contributed by atoms with van der Waals surface area (Å²) < 4.78 is 0. The summed E-state index contributed by atoms with van der Waals surface area (Å²) in [6.07, 6.45) is 1.47. The van der Waals surface area contributed by atoms with Crippen molar-refractivity contribution in [3.05, 3.63) is 71.4 Å². The highest BCUT2D eigenvalue weighted by molar-refractivity contribution is 6.00. The van der Waals surface area contributed by atoms with E-state index >= 15 is 0 Å². The molecule has 0 aliphatic heterocycles. The molecule has 2 aromatic carbocycles. The maximum atomic E-state index is 12.5. The van der Waals surface area contributed by atoms with Gasteiger partial charge in [-0.1, -0.05) is 30.3 Å². The summed E-state index contributed by atoms with van der Waals surface area (Å²) in [4.78, 5) is 32.6. The molecule has 0 unspecified atom stereocenters. The number of aromatic amines is 2. The molecule has 4 aromatic rings. The number of hydrogen-bond acceptors (Lipinski definition) is 4. The Kier molecular flexibility index (Phi) is 5.30. The number of benzene rings is 2. The van der Waals surface area contributed by atoms with Gasteiger partial charge in [0.1, 0.15) is 5.69 Å². The van der Waals surface area contributed by atoms with E-state index in [1.165, 1.54) is 6.20 Å². The number of carbonyl (C=O) groups is 2. The average molecular weight is 402 g/mol. The van der Waals surface area contributed by atoms with Crippen molar-refractivity contribution in [3.8, 4) is 11.5 Å². The number of rotatable bonds is 6. The van der Waals surface area contributed by atoms with Gasteiger partial charge in [-0.15, -0.1) is 0 Å². The number of aromatic nitrogens is 4. The topological polar surface area (TPSA) is 116 Å². The summed E-state index contributed by atoms with van der Waals surface area (Å²) in [5.41, 5.74) is 3.85. The molecule has 8 heteroatoms. The highest BCUT2D eigenvalue weighted by Crippen LogP contribution is 2.23. The minimum absolute atomic E-state index is 0.00730. The van der Waals surface area contributed by atoms with Crippen molar-refractivity contribution in [2.45, 2.75) is 26.4 Å². The van der Waals surface area contributed by atoms with Crippen molar-refractivity contribution in [1.29, 1.82) is 0 Å². The highest BCUT2D eigenvalue weighted by Gasteiger charge is 2.19. The molecule has 152 valence electrons. The Labute approximate surface area is 173 Å². The first-order valence-electron chi connectivity index (χ1n) is 9.68. The van der Waals surface area contributed by atoms with Crippen LogP contribution in [-0.4, -0.2) is 38.0 Å². The fourth-order valence-corrected chi connectivity index (χ4v) is 3.13. The molecule has 0 atom stereocenters. The van der Waals surface area contributed by atoms with E-state index in [0.717, 1.165) is 5.56 Å². The molecule has 4 rings (SSSR count). The normalized spacial score (nSPS) is 11.0. The molecule has 0 saturated heterocycles. The summed E-state index contributed by atoms with van der Waals surface area (Å²) >= 11 is 0. The number of nitrogens with one attached hydrogen (secondary N) is 4. The smallest absolute Gasteiger partial charge is 0.255 e. The van der Waals surface area contributed by atoms with Crippen LogP contribution in [0.1, 0.15) is 40.1 Å². The third-order valence-electron chi connectivity index (χ3n) is 4.58. The van der Waals surface area contributed by atoms with Crippen molar-refractivity contribution in [1.82, 2.24) is 30.8 Å². The molecule has 0 radical (unpaired) electrons. The van der Waals surface area contributed by atoms with Crippen LogP contribution in [0.4, 0.5) is 0 Å². The molecule has 2 amide bonds. The lowest BCUT2D eigenvalue weighted by Crippen LogP contribution is -2.30. The lowest BCUT2D eigenvalue weighted by atomic mass is 10.1. The first-order chi connectivity index (χ1) is 14.5. The first kappa shape index (κ1) is 19.4. The first-order valence-corrected chi connectivity index (χ1v) is 9.68. The monoisotopic (exact) mass is 402 g/mol. The molecule has 2 heterocycles. The summed E-state index contributed by atoms with van der Waals surface area (Å²) in [5.74, 6) is 0.0869. The zero-order valence-corrected chi connectivity index (χ0v) is 16.7. The Morgan fingerprint density at radius 2 is 1.87 bits per heavy atom. The zero-order valence-electron chi connectivity index (χ0n) is 16.7. The number of nitrogens with zero attached hydrogens (tertiary/aromatic N) is 2. The van der Waals surface area contributed by atoms with Crippen LogP contribution >= 0.6 is 0 Å². The number of H-pyrrole nitrogens is 2. The van der Waals surface area contributed by atoms with Gasteiger partial charge in [0.15, 0.2) is 5.82 Å². The molecule has 0 bridgehead atoms. The zero-order chi connectivity index (χ0) is 21.1. The van der Waals surface area contributed by atoms with Crippen LogP contribution < -0.4 is 10.6 Å². The fourth-order valence-electron chi connectivity index (χ4n) is 3.13. The highest BCUT2D eigenvalue weighted by atomic mass is 16.2. The predicted octanol–water partition coefficient (Wildman–Crippen LogP) is 3.02. The molecule has 0 fully saturated rings. The lowest BCUT2D eigenvalue weighted by Gasteiger charge is -2.07. The Balaban J connectivity index is 1.55. The lowest BCUT2D eigenvalue weighted by molar-refractivity contribution is 0.0938. The van der Waals surface area contributed by atoms with E-state index in [9.17, 15) is 9.59 Å². The summed E-state index contributed by atoms with van der Waals surface area (Å²) in [6, 6.07) is 15.0. The number of hydrogen-bond donors (Lipinski definition) is 4. The largest absolute Gasteiger partial charge is 0.350 e. The molecule has 30 heavy (non-hydrogen) atoms. The van der Waals surface area contributed by atoms with Gasteiger partial charge in [-0.3, -0.25) is 14.7 Å². The molecule has 4 N–H and O–H groups in total. The van der Waals surface area contributed by atoms with E-state index in [-0.39, 0.29) is 17.9 Å². The third-order valence-corrected chi connectivity index (χ3v) is 4.58. The number of imidazole rings is 1. The standard InChI is InChI=1S/C22H22N6O2/c1-13(2)25-22(30)16-12-24-28-19(16)20-26-17-9-8-15(10-18(17)27-20)21(29)23-11-14-6-4-3-5-7-14/h3-10,12-13H,11H2,1-2H3,(H,23,29)(H,24,28)(H,25,30)(H,26,27). The maximum absolute atomic E-state index is 12.5. The number of carbonyl (C=O) groups excluding carboxylic acids is 2. The second kappa shape index (κ2) is 8.20. The molecule has 2 aromatic heterocycles. The SMILES string of the molecule is CC(C)NC(=O)c1cn[nH]c1-c1nc2ccc(C(=O)NCc3ccccc3)cc2[nH]1. The van der Waals surface area contributed by atoms with Crippen molar-refractivity contribution >= 4 is 22.8 Å². The van der Waals surface area contributed by atoms with E-state index in [1.807, 2.05) is 44.2 Å². The van der Waals surface area contributed by atoms with Crippen LogP contribution in [0, 0.1) is 0 Å².